The molecule has 0 saturated carbocycles. The van der Waals surface area contributed by atoms with E-state index in [1.807, 2.05) is 0 Å². The van der Waals surface area contributed by atoms with Gasteiger partial charge in [-0.1, -0.05) is 29.9 Å². The maximum Gasteiger partial charge on any atom is 0.416 e. The first-order chi connectivity index (χ1) is 22.0. The van der Waals surface area contributed by atoms with Crippen molar-refractivity contribution in [1.82, 2.24) is 0 Å². The molecular formula is C34H25F6NO6. The highest BCUT2D eigenvalue weighted by atomic mass is 19.4. The van der Waals surface area contributed by atoms with Crippen molar-refractivity contribution in [3.05, 3.63) is 93.6 Å². The fourth-order valence-electron chi connectivity index (χ4n) is 6.99. The number of methoxy groups -OCH3 is 1. The summed E-state index contributed by atoms with van der Waals surface area (Å²) in [6.07, 6.45) is -4.45. The summed E-state index contributed by atoms with van der Waals surface area (Å²) >= 11 is 0. The number of hydrogen-bond acceptors (Lipinski definition) is 6. The summed E-state index contributed by atoms with van der Waals surface area (Å²) in [5.74, 6) is -6.75. The average molecular weight is 658 g/mol. The number of amides is 2. The normalized spacial score (nSPS) is 24.7. The fraction of sp³-hybridized carbons (Fsp3) is 0.294. The van der Waals surface area contributed by atoms with Crippen LogP contribution in [0.5, 0.6) is 11.5 Å². The van der Waals surface area contributed by atoms with E-state index in [-0.39, 0.29) is 47.1 Å². The van der Waals surface area contributed by atoms with Crippen molar-refractivity contribution in [1.29, 1.82) is 0 Å². The van der Waals surface area contributed by atoms with E-state index < -0.39 is 76.2 Å². The van der Waals surface area contributed by atoms with Gasteiger partial charge >= 0.3 is 12.4 Å². The lowest BCUT2D eigenvalue weighted by Crippen LogP contribution is -2.40. The van der Waals surface area contributed by atoms with Crippen molar-refractivity contribution >= 4 is 35.1 Å². The van der Waals surface area contributed by atoms with Crippen molar-refractivity contribution in [2.75, 3.05) is 12.0 Å². The van der Waals surface area contributed by atoms with Crippen LogP contribution in [0.2, 0.25) is 0 Å². The van der Waals surface area contributed by atoms with Crippen LogP contribution in [0.15, 0.2) is 76.9 Å². The molecule has 2 aromatic rings. The molecule has 4 atom stereocenters. The average Bonchev–Trinajstić information content (AvgIpc) is 3.27. The number of rotatable bonds is 4. The van der Waals surface area contributed by atoms with Crippen LogP contribution in [0.3, 0.4) is 0 Å². The number of halogens is 6. The van der Waals surface area contributed by atoms with Crippen LogP contribution in [-0.2, 0) is 31.5 Å². The minimum absolute atomic E-state index is 0.0698. The summed E-state index contributed by atoms with van der Waals surface area (Å²) in [4.78, 5) is 54.6. The first kappa shape index (κ1) is 32.0. The molecular weight excluding hydrogens is 632 g/mol. The van der Waals surface area contributed by atoms with E-state index in [1.165, 1.54) is 32.2 Å². The maximum absolute atomic E-state index is 14.0. The molecule has 0 radical (unpaired) electrons. The first-order valence-corrected chi connectivity index (χ1v) is 14.4. The number of ether oxygens (including phenoxy) is 1. The van der Waals surface area contributed by atoms with Crippen LogP contribution in [0.25, 0.3) is 6.08 Å². The lowest BCUT2D eigenvalue weighted by Gasteiger charge is -2.41. The Morgan fingerprint density at radius 2 is 1.57 bits per heavy atom. The number of phenols is 1. The topological polar surface area (TPSA) is 101 Å². The van der Waals surface area contributed by atoms with E-state index in [2.05, 4.69) is 0 Å². The lowest BCUT2D eigenvalue weighted by molar-refractivity contribution is -0.143. The van der Waals surface area contributed by atoms with Crippen molar-refractivity contribution < 1.29 is 55.4 Å². The summed E-state index contributed by atoms with van der Waals surface area (Å²) in [6, 6.07) is 5.10. The molecule has 0 aromatic heterocycles. The number of ketones is 2. The molecule has 1 aliphatic heterocycles. The van der Waals surface area contributed by atoms with Crippen LogP contribution in [0, 0.1) is 23.7 Å². The molecule has 7 nitrogen and oxygen atoms in total. The molecule has 13 heteroatoms. The third-order valence-electron chi connectivity index (χ3n) is 9.13. The molecule has 4 aliphatic rings. The highest BCUT2D eigenvalue weighted by Crippen LogP contribution is 2.53. The summed E-state index contributed by atoms with van der Waals surface area (Å²) < 4.78 is 87.0. The number of anilines is 1. The Hall–Kier alpha value is -4.94. The second-order valence-electron chi connectivity index (χ2n) is 11.8. The zero-order valence-electron chi connectivity index (χ0n) is 24.7. The number of benzene rings is 2. The minimum Gasteiger partial charge on any atom is -0.504 e. The van der Waals surface area contributed by atoms with Gasteiger partial charge < -0.3 is 9.84 Å². The molecule has 1 N–H and O–H groups in total. The van der Waals surface area contributed by atoms with Crippen LogP contribution < -0.4 is 9.64 Å². The summed E-state index contributed by atoms with van der Waals surface area (Å²) in [5.41, 5.74) is -2.63. The molecule has 2 aromatic carbocycles. The van der Waals surface area contributed by atoms with Gasteiger partial charge in [0, 0.05) is 22.6 Å². The van der Waals surface area contributed by atoms with Crippen molar-refractivity contribution in [3.8, 4) is 11.5 Å². The lowest BCUT2D eigenvalue weighted by atomic mass is 9.60. The van der Waals surface area contributed by atoms with E-state index >= 15 is 0 Å². The SMILES string of the molecule is COc1cc(C=CC2C3=CCC4C(=O)N(c5cc(C(F)(F)F)cc(C(F)(F)F)c5)C(=O)C4C3CC3=C2C(=O)C=C(C)C3=O)ccc1O. The molecule has 3 aliphatic carbocycles. The number of phenolic OH excluding ortho intramolecular Hbond substituents is 1. The molecule has 0 spiro atoms. The molecule has 6 rings (SSSR count). The van der Waals surface area contributed by atoms with Gasteiger partial charge in [-0.15, -0.1) is 0 Å². The van der Waals surface area contributed by atoms with E-state index in [1.54, 1.807) is 24.3 Å². The van der Waals surface area contributed by atoms with E-state index in [0.29, 0.717) is 28.2 Å². The number of aromatic hydroxyl groups is 1. The van der Waals surface area contributed by atoms with Crippen LogP contribution in [0.4, 0.5) is 32.0 Å². The van der Waals surface area contributed by atoms with Gasteiger partial charge in [0.15, 0.2) is 23.1 Å². The van der Waals surface area contributed by atoms with Crippen LogP contribution in [0.1, 0.15) is 36.5 Å². The van der Waals surface area contributed by atoms with Gasteiger partial charge in [0.2, 0.25) is 11.8 Å². The predicted molar refractivity (Wildman–Crippen MR) is 155 cm³/mol. The molecule has 1 saturated heterocycles. The molecule has 2 amide bonds. The highest BCUT2D eigenvalue weighted by Gasteiger charge is 2.56. The van der Waals surface area contributed by atoms with Gasteiger partial charge in [0.05, 0.1) is 35.8 Å². The Bertz CT molecular complexity index is 1850. The Balaban J connectivity index is 1.43. The molecule has 4 unspecified atom stereocenters. The second-order valence-corrected chi connectivity index (χ2v) is 11.8. The minimum atomic E-state index is -5.20. The van der Waals surface area contributed by atoms with Crippen molar-refractivity contribution in [3.63, 3.8) is 0 Å². The van der Waals surface area contributed by atoms with Crippen LogP contribution in [-0.4, -0.2) is 35.6 Å². The van der Waals surface area contributed by atoms with Gasteiger partial charge in [0.25, 0.3) is 0 Å². The smallest absolute Gasteiger partial charge is 0.416 e. The van der Waals surface area contributed by atoms with E-state index in [4.69, 9.17) is 4.74 Å². The van der Waals surface area contributed by atoms with Gasteiger partial charge in [-0.2, -0.15) is 26.3 Å². The third kappa shape index (κ3) is 5.36. The van der Waals surface area contributed by atoms with Gasteiger partial charge in [-0.25, -0.2) is 4.90 Å². The molecule has 47 heavy (non-hydrogen) atoms. The van der Waals surface area contributed by atoms with Gasteiger partial charge in [-0.05, 0) is 67.7 Å². The maximum atomic E-state index is 14.0. The summed E-state index contributed by atoms with van der Waals surface area (Å²) in [5, 5.41) is 9.97. The summed E-state index contributed by atoms with van der Waals surface area (Å²) in [7, 11) is 1.36. The number of fused-ring (bicyclic) bond motifs is 3. The van der Waals surface area contributed by atoms with Crippen molar-refractivity contribution in [2.45, 2.75) is 32.1 Å². The van der Waals surface area contributed by atoms with E-state index in [9.17, 15) is 50.6 Å². The molecule has 1 fully saturated rings. The highest BCUT2D eigenvalue weighted by molar-refractivity contribution is 6.24. The quantitative estimate of drug-likeness (QED) is 0.172. The number of Topliss-reactive ketones (excluding diaryl/α,β-unsaturated/α-hetero) is 1. The first-order valence-electron chi connectivity index (χ1n) is 14.4. The largest absolute Gasteiger partial charge is 0.504 e. The number of carbonyl (C=O) groups is 4. The zero-order valence-corrected chi connectivity index (χ0v) is 24.7. The second kappa shape index (κ2) is 11.1. The van der Waals surface area contributed by atoms with E-state index in [0.717, 1.165) is 0 Å². The van der Waals surface area contributed by atoms with Gasteiger partial charge in [0.1, 0.15) is 0 Å². The number of alkyl halides is 6. The Morgan fingerprint density at radius 1 is 0.915 bits per heavy atom. The monoisotopic (exact) mass is 657 g/mol. The van der Waals surface area contributed by atoms with Crippen molar-refractivity contribution in [2.24, 2.45) is 23.7 Å². The number of allylic oxidation sites excluding steroid dienone is 7. The number of nitrogens with zero attached hydrogens (tertiary/aromatic N) is 1. The fourth-order valence-corrected chi connectivity index (χ4v) is 6.99. The Morgan fingerprint density at radius 3 is 2.19 bits per heavy atom. The number of carbonyl (C=O) groups excluding carboxylic acids is 4. The molecule has 0 bridgehead atoms. The van der Waals surface area contributed by atoms with Crippen LogP contribution >= 0.6 is 0 Å². The Kier molecular flexibility index (Phi) is 7.56. The standard InChI is InChI=1S/C34H25F6NO6/c1-15-9-26(43)28-21(5-3-16-4-8-25(42)27(10-16)47-2)20-6-7-22-29(23(20)14-24(28)30(15)44)32(46)41(31(22)45)19-12-17(33(35,36)37)11-18(13-19)34(38,39)40/h3-6,8-13,21-23,29,42H,7,14H2,1-2H3. The molecule has 244 valence electrons. The van der Waals surface area contributed by atoms with Gasteiger partial charge in [-0.3, -0.25) is 19.2 Å². The number of hydrogen-bond donors (Lipinski definition) is 1. The Labute approximate surface area is 263 Å². The summed E-state index contributed by atoms with van der Waals surface area (Å²) in [6.45, 7) is 1.46. The zero-order chi connectivity index (χ0) is 34.2. The number of imide groups is 1. The predicted octanol–water partition coefficient (Wildman–Crippen LogP) is 6.62. The third-order valence-corrected chi connectivity index (χ3v) is 9.13. The molecule has 1 heterocycles.